The van der Waals surface area contributed by atoms with Crippen LogP contribution >= 0.6 is 0 Å². The molecule has 0 bridgehead atoms. The van der Waals surface area contributed by atoms with E-state index in [0.29, 0.717) is 17.9 Å². The highest BCUT2D eigenvalue weighted by molar-refractivity contribution is 5.19. The van der Waals surface area contributed by atoms with Crippen LogP contribution in [-0.4, -0.2) is 16.2 Å². The Morgan fingerprint density at radius 2 is 2.07 bits per heavy atom. The Kier molecular flexibility index (Phi) is 3.20. The Bertz CT molecular complexity index is 304. The van der Waals surface area contributed by atoms with Gasteiger partial charge in [-0.3, -0.25) is 0 Å². The molecule has 0 aromatic carbocycles. The predicted molar refractivity (Wildman–Crippen MR) is 57.4 cm³/mol. The summed E-state index contributed by atoms with van der Waals surface area (Å²) in [5.41, 5.74) is 5.64. The van der Waals surface area contributed by atoms with Crippen molar-refractivity contribution in [2.75, 3.05) is 5.32 Å². The summed E-state index contributed by atoms with van der Waals surface area (Å²) >= 11 is 0. The van der Waals surface area contributed by atoms with Crippen molar-refractivity contribution in [2.24, 2.45) is 5.73 Å². The standard InChI is InChI=1S/C10H18N4O/c1-7(11)9-13-14-10(15-9)12-8-5-3-2-4-6-8/h7-8H,2-6,11H2,1H3,(H,12,14). The van der Waals surface area contributed by atoms with E-state index in [4.69, 9.17) is 10.2 Å². The lowest BCUT2D eigenvalue weighted by Gasteiger charge is -2.21. The average molecular weight is 210 g/mol. The van der Waals surface area contributed by atoms with Crippen molar-refractivity contribution in [1.82, 2.24) is 10.2 Å². The number of rotatable bonds is 3. The summed E-state index contributed by atoms with van der Waals surface area (Å²) < 4.78 is 5.39. The van der Waals surface area contributed by atoms with Gasteiger partial charge >= 0.3 is 6.01 Å². The van der Waals surface area contributed by atoms with Crippen LogP contribution in [0.3, 0.4) is 0 Å². The molecule has 0 saturated heterocycles. The molecule has 0 amide bonds. The summed E-state index contributed by atoms with van der Waals surface area (Å²) in [5, 5.41) is 11.1. The number of hydrogen-bond donors (Lipinski definition) is 2. The van der Waals surface area contributed by atoms with Crippen molar-refractivity contribution >= 4 is 6.01 Å². The fourth-order valence-corrected chi connectivity index (χ4v) is 1.90. The van der Waals surface area contributed by atoms with Gasteiger partial charge in [-0.05, 0) is 19.8 Å². The van der Waals surface area contributed by atoms with Gasteiger partial charge in [0.2, 0.25) is 5.89 Å². The quantitative estimate of drug-likeness (QED) is 0.796. The Labute approximate surface area is 89.4 Å². The van der Waals surface area contributed by atoms with E-state index in [0.717, 1.165) is 0 Å². The molecule has 1 heterocycles. The van der Waals surface area contributed by atoms with E-state index >= 15 is 0 Å². The molecule has 1 aromatic rings. The maximum absolute atomic E-state index is 5.64. The van der Waals surface area contributed by atoms with Gasteiger partial charge < -0.3 is 15.5 Å². The fraction of sp³-hybridized carbons (Fsp3) is 0.800. The third kappa shape index (κ3) is 2.68. The van der Waals surface area contributed by atoms with Crippen molar-refractivity contribution in [1.29, 1.82) is 0 Å². The molecule has 0 spiro atoms. The molecule has 5 nitrogen and oxygen atoms in total. The molecule has 1 atom stereocenters. The Morgan fingerprint density at radius 1 is 1.33 bits per heavy atom. The summed E-state index contributed by atoms with van der Waals surface area (Å²) in [6.07, 6.45) is 6.29. The topological polar surface area (TPSA) is 77.0 Å². The Balaban J connectivity index is 1.91. The lowest BCUT2D eigenvalue weighted by Crippen LogP contribution is -2.22. The number of nitrogens with zero attached hydrogens (tertiary/aromatic N) is 2. The second-order valence-corrected chi connectivity index (χ2v) is 4.21. The zero-order valence-electron chi connectivity index (χ0n) is 9.07. The molecular weight excluding hydrogens is 192 g/mol. The molecule has 84 valence electrons. The maximum atomic E-state index is 5.64. The molecule has 0 radical (unpaired) electrons. The fourth-order valence-electron chi connectivity index (χ4n) is 1.90. The Hall–Kier alpha value is -1.10. The van der Waals surface area contributed by atoms with Gasteiger partial charge in [-0.15, -0.1) is 5.10 Å². The van der Waals surface area contributed by atoms with Gasteiger partial charge in [0.25, 0.3) is 0 Å². The predicted octanol–water partition coefficient (Wildman–Crippen LogP) is 1.83. The molecule has 15 heavy (non-hydrogen) atoms. The summed E-state index contributed by atoms with van der Waals surface area (Å²) in [5.74, 6) is 0.494. The van der Waals surface area contributed by atoms with E-state index < -0.39 is 0 Å². The molecule has 2 rings (SSSR count). The Morgan fingerprint density at radius 3 is 2.67 bits per heavy atom. The van der Waals surface area contributed by atoms with Crippen LogP contribution in [-0.2, 0) is 0 Å². The highest BCUT2D eigenvalue weighted by Gasteiger charge is 2.16. The van der Waals surface area contributed by atoms with Gasteiger partial charge in [0.1, 0.15) is 0 Å². The summed E-state index contributed by atoms with van der Waals surface area (Å²) in [4.78, 5) is 0. The second-order valence-electron chi connectivity index (χ2n) is 4.21. The van der Waals surface area contributed by atoms with E-state index in [2.05, 4.69) is 15.5 Å². The van der Waals surface area contributed by atoms with Crippen LogP contribution in [0.4, 0.5) is 6.01 Å². The van der Waals surface area contributed by atoms with E-state index in [1.165, 1.54) is 32.1 Å². The van der Waals surface area contributed by atoms with Crippen LogP contribution in [0.1, 0.15) is 51.0 Å². The van der Waals surface area contributed by atoms with E-state index in [1.807, 2.05) is 6.92 Å². The zero-order chi connectivity index (χ0) is 10.7. The van der Waals surface area contributed by atoms with Crippen molar-refractivity contribution < 1.29 is 4.42 Å². The van der Waals surface area contributed by atoms with Crippen molar-refractivity contribution in [2.45, 2.75) is 51.1 Å². The van der Waals surface area contributed by atoms with Gasteiger partial charge in [0.15, 0.2) is 0 Å². The van der Waals surface area contributed by atoms with Crippen molar-refractivity contribution in [3.63, 3.8) is 0 Å². The van der Waals surface area contributed by atoms with Crippen LogP contribution in [0.2, 0.25) is 0 Å². The molecule has 1 aromatic heterocycles. The van der Waals surface area contributed by atoms with Crippen LogP contribution in [0.5, 0.6) is 0 Å². The lowest BCUT2D eigenvalue weighted by atomic mass is 9.96. The van der Waals surface area contributed by atoms with E-state index in [1.54, 1.807) is 0 Å². The highest BCUT2D eigenvalue weighted by Crippen LogP contribution is 2.21. The number of aromatic nitrogens is 2. The average Bonchev–Trinajstić information content (AvgIpc) is 2.68. The van der Waals surface area contributed by atoms with Gasteiger partial charge in [-0.2, -0.15) is 0 Å². The van der Waals surface area contributed by atoms with Gasteiger partial charge in [-0.1, -0.05) is 24.4 Å². The molecule has 1 unspecified atom stereocenters. The van der Waals surface area contributed by atoms with Crippen LogP contribution in [0.25, 0.3) is 0 Å². The minimum absolute atomic E-state index is 0.195. The normalized spacial score (nSPS) is 20.1. The SMILES string of the molecule is CC(N)c1nnc(NC2CCCCC2)o1. The minimum Gasteiger partial charge on any atom is -0.406 e. The molecule has 1 aliphatic carbocycles. The maximum Gasteiger partial charge on any atom is 0.315 e. The third-order valence-corrected chi connectivity index (χ3v) is 2.76. The lowest BCUT2D eigenvalue weighted by molar-refractivity contribution is 0.433. The van der Waals surface area contributed by atoms with Crippen LogP contribution < -0.4 is 11.1 Å². The zero-order valence-corrected chi connectivity index (χ0v) is 9.07. The largest absolute Gasteiger partial charge is 0.406 e. The summed E-state index contributed by atoms with van der Waals surface area (Å²) in [6.45, 7) is 1.83. The minimum atomic E-state index is -0.195. The van der Waals surface area contributed by atoms with Crippen molar-refractivity contribution in [3.8, 4) is 0 Å². The molecule has 0 aliphatic heterocycles. The van der Waals surface area contributed by atoms with Gasteiger partial charge in [0.05, 0.1) is 6.04 Å². The smallest absolute Gasteiger partial charge is 0.315 e. The first-order chi connectivity index (χ1) is 7.25. The van der Waals surface area contributed by atoms with Crippen LogP contribution in [0.15, 0.2) is 4.42 Å². The third-order valence-electron chi connectivity index (χ3n) is 2.76. The van der Waals surface area contributed by atoms with Gasteiger partial charge in [0, 0.05) is 6.04 Å². The number of nitrogens with one attached hydrogen (secondary N) is 1. The van der Waals surface area contributed by atoms with E-state index in [9.17, 15) is 0 Å². The number of nitrogens with two attached hydrogens (primary N) is 1. The van der Waals surface area contributed by atoms with E-state index in [-0.39, 0.29) is 6.04 Å². The molecule has 3 N–H and O–H groups in total. The molecule has 1 fully saturated rings. The van der Waals surface area contributed by atoms with Crippen LogP contribution in [0, 0.1) is 0 Å². The summed E-state index contributed by atoms with van der Waals surface area (Å²) in [6, 6.07) is 0.800. The monoisotopic (exact) mass is 210 g/mol. The molecule has 5 heteroatoms. The first-order valence-corrected chi connectivity index (χ1v) is 5.61. The first kappa shape index (κ1) is 10.4. The number of anilines is 1. The second kappa shape index (κ2) is 4.61. The molecule has 1 aliphatic rings. The molecular formula is C10H18N4O. The number of hydrogen-bond acceptors (Lipinski definition) is 5. The van der Waals surface area contributed by atoms with Gasteiger partial charge in [-0.25, -0.2) is 0 Å². The summed E-state index contributed by atoms with van der Waals surface area (Å²) in [7, 11) is 0. The van der Waals surface area contributed by atoms with Crippen molar-refractivity contribution in [3.05, 3.63) is 5.89 Å². The molecule has 1 saturated carbocycles. The first-order valence-electron chi connectivity index (χ1n) is 5.61. The highest BCUT2D eigenvalue weighted by atomic mass is 16.4.